The lowest BCUT2D eigenvalue weighted by atomic mass is 9.80. The van der Waals surface area contributed by atoms with Crippen LogP contribution in [-0.4, -0.2) is 18.4 Å². The monoisotopic (exact) mass is 241 g/mol. The fourth-order valence-corrected chi connectivity index (χ4v) is 2.94. The Morgan fingerprint density at radius 2 is 1.65 bits per heavy atom. The molecule has 2 atom stereocenters. The third-order valence-electron chi connectivity index (χ3n) is 4.36. The van der Waals surface area contributed by atoms with Gasteiger partial charge in [0.1, 0.15) is 6.23 Å². The van der Waals surface area contributed by atoms with Crippen LogP contribution in [0.25, 0.3) is 0 Å². The van der Waals surface area contributed by atoms with Crippen molar-refractivity contribution >= 4 is 0 Å². The van der Waals surface area contributed by atoms with Crippen molar-refractivity contribution in [3.05, 3.63) is 0 Å². The molecule has 1 aliphatic carbocycles. The number of nitrogens with one attached hydrogen (secondary N) is 1. The summed E-state index contributed by atoms with van der Waals surface area (Å²) in [6.45, 7) is 4.77. The summed E-state index contributed by atoms with van der Waals surface area (Å²) in [5, 5.41) is 13.0. The average molecular weight is 241 g/mol. The minimum atomic E-state index is -0.313. The minimum Gasteiger partial charge on any atom is -0.378 e. The second kappa shape index (κ2) is 7.38. The summed E-state index contributed by atoms with van der Waals surface area (Å²) in [4.78, 5) is 0. The summed E-state index contributed by atoms with van der Waals surface area (Å²) in [6.07, 6.45) is 11.4. The van der Waals surface area contributed by atoms with Gasteiger partial charge in [-0.3, -0.25) is 5.32 Å². The van der Waals surface area contributed by atoms with Gasteiger partial charge in [-0.2, -0.15) is 0 Å². The number of hydrogen-bond donors (Lipinski definition) is 2. The van der Waals surface area contributed by atoms with Crippen molar-refractivity contribution in [1.29, 1.82) is 0 Å². The number of aliphatic hydroxyl groups is 1. The summed E-state index contributed by atoms with van der Waals surface area (Å²) in [7, 11) is 1.86. The van der Waals surface area contributed by atoms with E-state index in [9.17, 15) is 5.11 Å². The van der Waals surface area contributed by atoms with E-state index in [-0.39, 0.29) is 6.23 Å². The van der Waals surface area contributed by atoms with Crippen molar-refractivity contribution in [3.63, 3.8) is 0 Å². The molecule has 0 saturated heterocycles. The highest BCUT2D eigenvalue weighted by Crippen LogP contribution is 2.33. The van der Waals surface area contributed by atoms with Gasteiger partial charge in [0.25, 0.3) is 0 Å². The zero-order chi connectivity index (χ0) is 12.7. The van der Waals surface area contributed by atoms with Gasteiger partial charge in [-0.05, 0) is 44.1 Å². The van der Waals surface area contributed by atoms with Crippen LogP contribution in [0.3, 0.4) is 0 Å². The maximum Gasteiger partial charge on any atom is 0.107 e. The smallest absolute Gasteiger partial charge is 0.107 e. The van der Waals surface area contributed by atoms with E-state index in [0.717, 1.165) is 6.42 Å². The molecule has 102 valence electrons. The molecule has 2 nitrogen and oxygen atoms in total. The molecule has 17 heavy (non-hydrogen) atoms. The number of rotatable bonds is 2. The molecule has 0 bridgehead atoms. The van der Waals surface area contributed by atoms with Crippen molar-refractivity contribution in [1.82, 2.24) is 5.32 Å². The van der Waals surface area contributed by atoms with Gasteiger partial charge in [-0.25, -0.2) is 0 Å². The highest BCUT2D eigenvalue weighted by molar-refractivity contribution is 4.75. The van der Waals surface area contributed by atoms with E-state index in [1.54, 1.807) is 0 Å². The third kappa shape index (κ3) is 5.87. The quantitative estimate of drug-likeness (QED) is 0.723. The molecule has 0 amide bonds. The highest BCUT2D eigenvalue weighted by Gasteiger charge is 2.23. The van der Waals surface area contributed by atoms with Crippen LogP contribution in [-0.2, 0) is 0 Å². The molecule has 0 aromatic heterocycles. The van der Waals surface area contributed by atoms with Crippen molar-refractivity contribution in [2.24, 2.45) is 11.3 Å². The van der Waals surface area contributed by atoms with Gasteiger partial charge in [0, 0.05) is 0 Å². The summed E-state index contributed by atoms with van der Waals surface area (Å²) in [5.74, 6) is 0.442. The van der Waals surface area contributed by atoms with E-state index in [0.29, 0.717) is 11.3 Å². The maximum absolute atomic E-state index is 9.99. The lowest BCUT2D eigenvalue weighted by Gasteiger charge is -2.28. The topological polar surface area (TPSA) is 32.3 Å². The van der Waals surface area contributed by atoms with Crippen LogP contribution in [0.4, 0.5) is 0 Å². The Morgan fingerprint density at radius 1 is 1.00 bits per heavy atom. The van der Waals surface area contributed by atoms with E-state index in [4.69, 9.17) is 0 Å². The van der Waals surface area contributed by atoms with Gasteiger partial charge in [0.05, 0.1) is 0 Å². The van der Waals surface area contributed by atoms with Crippen molar-refractivity contribution in [3.8, 4) is 0 Å². The Morgan fingerprint density at radius 3 is 2.35 bits per heavy atom. The first-order valence-electron chi connectivity index (χ1n) is 7.40. The summed E-state index contributed by atoms with van der Waals surface area (Å²) >= 11 is 0. The van der Waals surface area contributed by atoms with Crippen LogP contribution in [0.5, 0.6) is 0 Å². The molecule has 0 radical (unpaired) electrons. The molecule has 1 fully saturated rings. The molecule has 2 unspecified atom stereocenters. The normalized spacial score (nSPS) is 29.3. The van der Waals surface area contributed by atoms with Crippen molar-refractivity contribution in [2.45, 2.75) is 77.9 Å². The molecule has 0 aromatic rings. The molecule has 2 heteroatoms. The number of aliphatic hydroxyl groups excluding tert-OH is 1. The highest BCUT2D eigenvalue weighted by atomic mass is 16.3. The second-order valence-corrected chi connectivity index (χ2v) is 6.50. The molecule has 1 rings (SSSR count). The second-order valence-electron chi connectivity index (χ2n) is 6.50. The van der Waals surface area contributed by atoms with Crippen LogP contribution in [0.15, 0.2) is 0 Å². The molecule has 1 saturated carbocycles. The molecule has 2 N–H and O–H groups in total. The van der Waals surface area contributed by atoms with Crippen molar-refractivity contribution in [2.75, 3.05) is 7.05 Å². The van der Waals surface area contributed by atoms with Crippen LogP contribution in [0, 0.1) is 11.3 Å². The Kier molecular flexibility index (Phi) is 6.50. The zero-order valence-electron chi connectivity index (χ0n) is 12.0. The van der Waals surface area contributed by atoms with E-state index < -0.39 is 0 Å². The van der Waals surface area contributed by atoms with E-state index in [1.165, 1.54) is 51.4 Å². The van der Waals surface area contributed by atoms with Gasteiger partial charge in [0.15, 0.2) is 0 Å². The molecule has 0 aromatic carbocycles. The molecular weight excluding hydrogens is 210 g/mol. The standard InChI is InChI=1S/C15H31NO/c1-15(2)11-8-6-4-5-7-9-13(10-12-15)14(17)16-3/h13-14,16-17H,4-12H2,1-3H3. The Balaban J connectivity index is 2.53. The predicted molar refractivity (Wildman–Crippen MR) is 73.9 cm³/mol. The van der Waals surface area contributed by atoms with E-state index in [2.05, 4.69) is 19.2 Å². The molecule has 1 aliphatic rings. The lowest BCUT2D eigenvalue weighted by Crippen LogP contribution is -2.34. The van der Waals surface area contributed by atoms with Gasteiger partial charge < -0.3 is 5.11 Å². The van der Waals surface area contributed by atoms with Crippen LogP contribution < -0.4 is 5.32 Å². The first-order chi connectivity index (χ1) is 8.05. The molecule has 0 aliphatic heterocycles. The van der Waals surface area contributed by atoms with Crippen LogP contribution in [0.2, 0.25) is 0 Å². The predicted octanol–water partition coefficient (Wildman–Crippen LogP) is 3.69. The Hall–Kier alpha value is -0.0800. The van der Waals surface area contributed by atoms with Crippen molar-refractivity contribution < 1.29 is 5.11 Å². The summed E-state index contributed by atoms with van der Waals surface area (Å²) in [5.41, 5.74) is 0.454. The Bertz CT molecular complexity index is 203. The fraction of sp³-hybridized carbons (Fsp3) is 1.00. The van der Waals surface area contributed by atoms with E-state index in [1.807, 2.05) is 7.05 Å². The maximum atomic E-state index is 9.99. The van der Waals surface area contributed by atoms with Crippen LogP contribution >= 0.6 is 0 Å². The third-order valence-corrected chi connectivity index (χ3v) is 4.36. The lowest BCUT2D eigenvalue weighted by molar-refractivity contribution is 0.0642. The summed E-state index contributed by atoms with van der Waals surface area (Å²) in [6, 6.07) is 0. The van der Waals surface area contributed by atoms with E-state index >= 15 is 0 Å². The first-order valence-corrected chi connectivity index (χ1v) is 7.40. The average Bonchev–Trinajstić information content (AvgIpc) is 2.33. The summed E-state index contributed by atoms with van der Waals surface area (Å²) < 4.78 is 0. The molecular formula is C15H31NO. The van der Waals surface area contributed by atoms with Gasteiger partial charge >= 0.3 is 0 Å². The van der Waals surface area contributed by atoms with Gasteiger partial charge in [-0.15, -0.1) is 0 Å². The Labute approximate surface area is 107 Å². The SMILES string of the molecule is CNC(O)C1CCCCCCCC(C)(C)CC1. The van der Waals surface area contributed by atoms with Gasteiger partial charge in [-0.1, -0.05) is 46.0 Å². The molecule has 0 spiro atoms. The largest absolute Gasteiger partial charge is 0.378 e. The molecule has 0 heterocycles. The fourth-order valence-electron chi connectivity index (χ4n) is 2.94. The van der Waals surface area contributed by atoms with Gasteiger partial charge in [0.2, 0.25) is 0 Å². The minimum absolute atomic E-state index is 0.313. The number of hydrogen-bond acceptors (Lipinski definition) is 2. The first kappa shape index (κ1) is 15.0. The zero-order valence-corrected chi connectivity index (χ0v) is 12.0. The van der Waals surface area contributed by atoms with Crippen LogP contribution in [0.1, 0.15) is 71.6 Å².